The number of amides is 2. The summed E-state index contributed by atoms with van der Waals surface area (Å²) in [6, 6.07) is 14.6. The van der Waals surface area contributed by atoms with Gasteiger partial charge in [0, 0.05) is 12.5 Å². The van der Waals surface area contributed by atoms with E-state index in [9.17, 15) is 19.5 Å². The molecule has 2 aromatic carbocycles. The quantitative estimate of drug-likeness (QED) is 0.595. The highest BCUT2D eigenvalue weighted by Crippen LogP contribution is 2.44. The average Bonchev–Trinajstić information content (AvgIpc) is 3.38. The van der Waals surface area contributed by atoms with Gasteiger partial charge in [-0.25, -0.2) is 9.59 Å². The standard InChI is InChI=1S/C25H28N2O6/c1-14(2)21(23(28)26-20-11-12-32-22(20)24(29)30)27-25(31)33-13-19-17-9-5-3-7-15(17)16-8-4-6-10-18(16)19/h3-10,14,19-22H,11-13H2,1-2H3,(H,26,28)(H,27,31)(H,29,30)/t20-,21-,22+/m1/s1. The van der Waals surface area contributed by atoms with Crippen LogP contribution in [0.1, 0.15) is 37.3 Å². The molecule has 1 aliphatic carbocycles. The molecule has 174 valence electrons. The zero-order valence-electron chi connectivity index (χ0n) is 18.6. The molecule has 1 heterocycles. The van der Waals surface area contributed by atoms with Gasteiger partial charge in [0.05, 0.1) is 6.04 Å². The largest absolute Gasteiger partial charge is 0.479 e. The molecule has 2 aliphatic rings. The van der Waals surface area contributed by atoms with E-state index in [0.717, 1.165) is 22.3 Å². The summed E-state index contributed by atoms with van der Waals surface area (Å²) in [4.78, 5) is 36.7. The Balaban J connectivity index is 1.39. The Morgan fingerprint density at radius 1 is 1.06 bits per heavy atom. The first-order valence-electron chi connectivity index (χ1n) is 11.1. The minimum absolute atomic E-state index is 0.0820. The Hall–Kier alpha value is -3.39. The monoisotopic (exact) mass is 452 g/mol. The maximum atomic E-state index is 12.8. The summed E-state index contributed by atoms with van der Waals surface area (Å²) in [5.74, 6) is -1.89. The van der Waals surface area contributed by atoms with E-state index in [0.29, 0.717) is 6.42 Å². The molecule has 0 unspecified atom stereocenters. The van der Waals surface area contributed by atoms with E-state index < -0.39 is 36.2 Å². The maximum Gasteiger partial charge on any atom is 0.407 e. The van der Waals surface area contributed by atoms with Crippen molar-refractivity contribution in [1.82, 2.24) is 10.6 Å². The lowest BCUT2D eigenvalue weighted by atomic mass is 9.98. The molecule has 1 aliphatic heterocycles. The summed E-state index contributed by atoms with van der Waals surface area (Å²) in [7, 11) is 0. The first-order valence-corrected chi connectivity index (χ1v) is 11.1. The molecule has 0 aromatic heterocycles. The summed E-state index contributed by atoms with van der Waals surface area (Å²) in [5.41, 5.74) is 4.47. The van der Waals surface area contributed by atoms with Crippen LogP contribution in [0.25, 0.3) is 11.1 Å². The molecule has 3 atom stereocenters. The molecule has 1 fully saturated rings. The third-order valence-electron chi connectivity index (χ3n) is 6.23. The molecule has 33 heavy (non-hydrogen) atoms. The van der Waals surface area contributed by atoms with Crippen LogP contribution in [0.5, 0.6) is 0 Å². The third-order valence-corrected chi connectivity index (χ3v) is 6.23. The second-order valence-electron chi connectivity index (χ2n) is 8.72. The lowest BCUT2D eigenvalue weighted by Crippen LogP contribution is -2.54. The molecule has 8 nitrogen and oxygen atoms in total. The Labute approximate surface area is 192 Å². The van der Waals surface area contributed by atoms with Gasteiger partial charge in [-0.05, 0) is 34.6 Å². The zero-order chi connectivity index (χ0) is 23.5. The topological polar surface area (TPSA) is 114 Å². The minimum Gasteiger partial charge on any atom is -0.479 e. The molecule has 0 spiro atoms. The number of ether oxygens (including phenoxy) is 2. The van der Waals surface area contributed by atoms with Crippen LogP contribution < -0.4 is 10.6 Å². The highest BCUT2D eigenvalue weighted by Gasteiger charge is 2.37. The molecule has 4 rings (SSSR count). The van der Waals surface area contributed by atoms with Crippen molar-refractivity contribution in [3.8, 4) is 11.1 Å². The summed E-state index contributed by atoms with van der Waals surface area (Å²) in [6.45, 7) is 4.00. The van der Waals surface area contributed by atoms with Crippen molar-refractivity contribution in [3.63, 3.8) is 0 Å². The van der Waals surface area contributed by atoms with Crippen LogP contribution in [0, 0.1) is 5.92 Å². The van der Waals surface area contributed by atoms with Crippen LogP contribution >= 0.6 is 0 Å². The predicted octanol–water partition coefficient (Wildman–Crippen LogP) is 2.91. The van der Waals surface area contributed by atoms with E-state index in [4.69, 9.17) is 9.47 Å². The van der Waals surface area contributed by atoms with E-state index >= 15 is 0 Å². The number of hydrogen-bond donors (Lipinski definition) is 3. The second-order valence-corrected chi connectivity index (χ2v) is 8.72. The Morgan fingerprint density at radius 2 is 1.67 bits per heavy atom. The van der Waals surface area contributed by atoms with E-state index in [1.165, 1.54) is 0 Å². The van der Waals surface area contributed by atoms with Crippen molar-refractivity contribution in [3.05, 3.63) is 59.7 Å². The van der Waals surface area contributed by atoms with E-state index in [2.05, 4.69) is 22.8 Å². The normalized spacial score (nSPS) is 20.1. The van der Waals surface area contributed by atoms with Gasteiger partial charge in [-0.3, -0.25) is 4.79 Å². The highest BCUT2D eigenvalue weighted by atomic mass is 16.5. The first-order chi connectivity index (χ1) is 15.9. The number of aliphatic carboxylic acids is 1. The van der Waals surface area contributed by atoms with Crippen molar-refractivity contribution in [2.75, 3.05) is 13.2 Å². The summed E-state index contributed by atoms with van der Waals surface area (Å²) in [5, 5.41) is 14.6. The number of rotatable bonds is 7. The van der Waals surface area contributed by atoms with Crippen molar-refractivity contribution in [2.24, 2.45) is 5.92 Å². The van der Waals surface area contributed by atoms with Gasteiger partial charge < -0.3 is 25.2 Å². The number of fused-ring (bicyclic) bond motifs is 3. The van der Waals surface area contributed by atoms with Gasteiger partial charge in [0.15, 0.2) is 6.10 Å². The molecular weight excluding hydrogens is 424 g/mol. The van der Waals surface area contributed by atoms with Crippen molar-refractivity contribution >= 4 is 18.0 Å². The predicted molar refractivity (Wildman–Crippen MR) is 121 cm³/mol. The number of carbonyl (C=O) groups is 3. The molecule has 0 bridgehead atoms. The fourth-order valence-corrected chi connectivity index (χ4v) is 4.56. The molecular formula is C25H28N2O6. The fraction of sp³-hybridized carbons (Fsp3) is 0.400. The van der Waals surface area contributed by atoms with E-state index in [1.54, 1.807) is 13.8 Å². The van der Waals surface area contributed by atoms with Crippen LogP contribution in [0.2, 0.25) is 0 Å². The number of carboxylic acid groups (broad SMARTS) is 1. The Kier molecular flexibility index (Phi) is 6.65. The SMILES string of the molecule is CC(C)[C@@H](NC(=O)OCC1c2ccccc2-c2ccccc21)C(=O)N[C@@H]1CCO[C@@H]1C(=O)O. The van der Waals surface area contributed by atoms with Crippen LogP contribution in [0.4, 0.5) is 4.79 Å². The number of carbonyl (C=O) groups excluding carboxylic acids is 2. The molecule has 1 saturated heterocycles. The van der Waals surface area contributed by atoms with Crippen LogP contribution in [0.3, 0.4) is 0 Å². The third kappa shape index (κ3) is 4.71. The number of carboxylic acids is 1. The van der Waals surface area contributed by atoms with E-state index in [1.807, 2.05) is 36.4 Å². The van der Waals surface area contributed by atoms with Gasteiger partial charge in [0.2, 0.25) is 5.91 Å². The Morgan fingerprint density at radius 3 is 2.24 bits per heavy atom. The lowest BCUT2D eigenvalue weighted by Gasteiger charge is -2.25. The molecule has 8 heteroatoms. The molecule has 2 aromatic rings. The van der Waals surface area contributed by atoms with Crippen molar-refractivity contribution in [2.45, 2.75) is 44.4 Å². The highest BCUT2D eigenvalue weighted by molar-refractivity contribution is 5.87. The minimum atomic E-state index is -1.12. The molecule has 0 saturated carbocycles. The number of benzene rings is 2. The lowest BCUT2D eigenvalue weighted by molar-refractivity contribution is -0.148. The number of alkyl carbamates (subject to hydrolysis) is 1. The molecule has 0 radical (unpaired) electrons. The van der Waals surface area contributed by atoms with Crippen LogP contribution in [-0.2, 0) is 19.1 Å². The fourth-order valence-electron chi connectivity index (χ4n) is 4.56. The Bertz CT molecular complexity index is 1010. The number of nitrogens with one attached hydrogen (secondary N) is 2. The van der Waals surface area contributed by atoms with Gasteiger partial charge in [-0.1, -0.05) is 62.4 Å². The second kappa shape index (κ2) is 9.62. The van der Waals surface area contributed by atoms with Gasteiger partial charge in [-0.15, -0.1) is 0 Å². The van der Waals surface area contributed by atoms with Gasteiger partial charge in [0.1, 0.15) is 12.6 Å². The smallest absolute Gasteiger partial charge is 0.407 e. The van der Waals surface area contributed by atoms with Crippen LogP contribution in [-0.4, -0.2) is 54.5 Å². The molecule has 3 N–H and O–H groups in total. The van der Waals surface area contributed by atoms with Gasteiger partial charge in [-0.2, -0.15) is 0 Å². The van der Waals surface area contributed by atoms with Gasteiger partial charge >= 0.3 is 12.1 Å². The van der Waals surface area contributed by atoms with Crippen molar-refractivity contribution in [1.29, 1.82) is 0 Å². The van der Waals surface area contributed by atoms with Gasteiger partial charge in [0.25, 0.3) is 0 Å². The van der Waals surface area contributed by atoms with Crippen molar-refractivity contribution < 1.29 is 29.0 Å². The maximum absolute atomic E-state index is 12.8. The summed E-state index contributed by atoms with van der Waals surface area (Å²) >= 11 is 0. The van der Waals surface area contributed by atoms with Crippen LogP contribution in [0.15, 0.2) is 48.5 Å². The van der Waals surface area contributed by atoms with E-state index in [-0.39, 0.29) is 25.0 Å². The summed E-state index contributed by atoms with van der Waals surface area (Å²) < 4.78 is 10.7. The number of hydrogen-bond acceptors (Lipinski definition) is 5. The average molecular weight is 453 g/mol. The molecule has 2 amide bonds. The summed E-state index contributed by atoms with van der Waals surface area (Å²) in [6.07, 6.45) is -1.38. The zero-order valence-corrected chi connectivity index (χ0v) is 18.6. The first kappa shape index (κ1) is 22.8.